The van der Waals surface area contributed by atoms with Gasteiger partial charge in [0.05, 0.1) is 5.02 Å². The summed E-state index contributed by atoms with van der Waals surface area (Å²) in [6.07, 6.45) is 1.43. The second-order valence-corrected chi connectivity index (χ2v) is 4.62. The van der Waals surface area contributed by atoms with Gasteiger partial charge in [-0.1, -0.05) is 23.7 Å². The summed E-state index contributed by atoms with van der Waals surface area (Å²) in [5.41, 5.74) is 1.92. The number of aryl methyl sites for hydroxylation is 2. The minimum atomic E-state index is -1.16. The van der Waals surface area contributed by atoms with Crippen LogP contribution in [-0.4, -0.2) is 20.9 Å². The molecule has 5 nitrogen and oxygen atoms in total. The molecule has 2 rings (SSSR count). The molecule has 1 aromatic carbocycles. The van der Waals surface area contributed by atoms with E-state index in [1.54, 1.807) is 0 Å². The lowest BCUT2D eigenvalue weighted by atomic mass is 10.1. The molecule has 0 amide bonds. The first kappa shape index (κ1) is 13.4. The molecular formula is C13H13ClN2O3. The molecule has 100 valence electrons. The number of carboxylic acids is 1. The number of carbonyl (C=O) groups is 1. The quantitative estimate of drug-likeness (QED) is 0.935. The van der Waals surface area contributed by atoms with Crippen molar-refractivity contribution in [1.82, 2.24) is 9.78 Å². The van der Waals surface area contributed by atoms with Crippen LogP contribution in [0.15, 0.2) is 24.4 Å². The fourth-order valence-electron chi connectivity index (χ4n) is 1.61. The summed E-state index contributed by atoms with van der Waals surface area (Å²) < 4.78 is 6.96. The van der Waals surface area contributed by atoms with Gasteiger partial charge in [0.1, 0.15) is 5.75 Å². The lowest BCUT2D eigenvalue weighted by molar-refractivity contribution is 0.0688. The first-order valence-electron chi connectivity index (χ1n) is 5.63. The summed E-state index contributed by atoms with van der Waals surface area (Å²) in [4.78, 5) is 10.8. The predicted octanol–water partition coefficient (Wildman–Crippen LogP) is 2.89. The average molecular weight is 281 g/mol. The van der Waals surface area contributed by atoms with Crippen LogP contribution in [-0.2, 0) is 6.73 Å². The number of rotatable bonds is 4. The highest BCUT2D eigenvalue weighted by Gasteiger charge is 2.14. The predicted molar refractivity (Wildman–Crippen MR) is 70.7 cm³/mol. The molecule has 0 unspecified atom stereocenters. The molecule has 1 aromatic heterocycles. The zero-order valence-corrected chi connectivity index (χ0v) is 11.3. The summed E-state index contributed by atoms with van der Waals surface area (Å²) in [6, 6.07) is 5.87. The highest BCUT2D eigenvalue weighted by molar-refractivity contribution is 6.33. The third-order valence-corrected chi connectivity index (χ3v) is 2.89. The number of halogens is 1. The molecular weight excluding hydrogens is 268 g/mol. The van der Waals surface area contributed by atoms with Crippen LogP contribution in [0.4, 0.5) is 0 Å². The summed E-state index contributed by atoms with van der Waals surface area (Å²) in [5.74, 6) is -0.418. The number of carboxylic acid groups (broad SMARTS) is 1. The van der Waals surface area contributed by atoms with Gasteiger partial charge >= 0.3 is 5.97 Å². The number of ether oxygens (including phenoxy) is 1. The van der Waals surface area contributed by atoms with Crippen LogP contribution in [0.25, 0.3) is 0 Å². The molecule has 0 bridgehead atoms. The van der Waals surface area contributed by atoms with Gasteiger partial charge in [0.25, 0.3) is 0 Å². The Hall–Kier alpha value is -2.01. The number of hydrogen-bond acceptors (Lipinski definition) is 3. The first-order valence-corrected chi connectivity index (χ1v) is 6.01. The highest BCUT2D eigenvalue weighted by Crippen LogP contribution is 2.20. The van der Waals surface area contributed by atoms with E-state index < -0.39 is 5.97 Å². The summed E-state index contributed by atoms with van der Waals surface area (Å²) in [6.45, 7) is 4.02. The third kappa shape index (κ3) is 3.06. The van der Waals surface area contributed by atoms with Gasteiger partial charge in [-0.3, -0.25) is 0 Å². The minimum absolute atomic E-state index is 0.0945. The Morgan fingerprint density at radius 1 is 1.47 bits per heavy atom. The Morgan fingerprint density at radius 3 is 2.84 bits per heavy atom. The molecule has 1 heterocycles. The van der Waals surface area contributed by atoms with Crippen molar-refractivity contribution in [3.8, 4) is 5.75 Å². The molecule has 0 saturated carbocycles. The van der Waals surface area contributed by atoms with E-state index >= 15 is 0 Å². The Morgan fingerprint density at radius 2 is 2.21 bits per heavy atom. The molecule has 2 aromatic rings. The van der Waals surface area contributed by atoms with Gasteiger partial charge in [-0.25, -0.2) is 9.48 Å². The molecule has 0 spiro atoms. The maximum Gasteiger partial charge on any atom is 0.357 e. The van der Waals surface area contributed by atoms with E-state index in [0.717, 1.165) is 16.9 Å². The van der Waals surface area contributed by atoms with E-state index in [1.165, 1.54) is 10.9 Å². The number of aromatic nitrogens is 2. The van der Waals surface area contributed by atoms with Gasteiger partial charge in [-0.15, -0.1) is 0 Å². The first-order chi connectivity index (χ1) is 8.97. The molecule has 0 aliphatic rings. The topological polar surface area (TPSA) is 64.3 Å². The van der Waals surface area contributed by atoms with Crippen molar-refractivity contribution in [3.63, 3.8) is 0 Å². The average Bonchev–Trinajstić information content (AvgIpc) is 2.72. The fourth-order valence-corrected chi connectivity index (χ4v) is 1.84. The largest absolute Gasteiger partial charge is 0.476 e. The number of hydrogen-bond donors (Lipinski definition) is 1. The molecule has 0 aliphatic carbocycles. The lowest BCUT2D eigenvalue weighted by Crippen LogP contribution is -2.08. The summed E-state index contributed by atoms with van der Waals surface area (Å²) >= 11 is 5.76. The van der Waals surface area contributed by atoms with Crippen molar-refractivity contribution in [1.29, 1.82) is 0 Å². The van der Waals surface area contributed by atoms with Crippen molar-refractivity contribution in [2.24, 2.45) is 0 Å². The third-order valence-electron chi connectivity index (χ3n) is 2.62. The molecule has 0 atom stereocenters. The maximum atomic E-state index is 10.8. The van der Waals surface area contributed by atoms with Crippen molar-refractivity contribution < 1.29 is 14.6 Å². The van der Waals surface area contributed by atoms with E-state index in [1.807, 2.05) is 32.0 Å². The van der Waals surface area contributed by atoms with Crippen LogP contribution in [0.3, 0.4) is 0 Å². The zero-order chi connectivity index (χ0) is 14.0. The molecule has 0 radical (unpaired) electrons. The fraction of sp³-hybridized carbons (Fsp3) is 0.231. The molecule has 0 saturated heterocycles. The van der Waals surface area contributed by atoms with Crippen LogP contribution in [0.2, 0.25) is 5.02 Å². The number of aromatic carboxylic acids is 1. The van der Waals surface area contributed by atoms with Gasteiger partial charge in [-0.05, 0) is 31.0 Å². The zero-order valence-electron chi connectivity index (χ0n) is 10.6. The highest BCUT2D eigenvalue weighted by atomic mass is 35.5. The number of benzene rings is 1. The van der Waals surface area contributed by atoms with Gasteiger partial charge in [0.2, 0.25) is 0 Å². The van der Waals surface area contributed by atoms with Gasteiger partial charge in [0.15, 0.2) is 12.4 Å². The van der Waals surface area contributed by atoms with E-state index in [0.29, 0.717) is 0 Å². The molecule has 19 heavy (non-hydrogen) atoms. The Kier molecular flexibility index (Phi) is 3.76. The second-order valence-electron chi connectivity index (χ2n) is 4.21. The lowest BCUT2D eigenvalue weighted by Gasteiger charge is -2.09. The van der Waals surface area contributed by atoms with Crippen LogP contribution in [0, 0.1) is 13.8 Å². The summed E-state index contributed by atoms with van der Waals surface area (Å²) in [5, 5.41) is 12.8. The van der Waals surface area contributed by atoms with E-state index in [9.17, 15) is 4.79 Å². The van der Waals surface area contributed by atoms with Crippen molar-refractivity contribution in [2.75, 3.05) is 0 Å². The standard InChI is InChI=1S/C13H13ClN2O3/c1-8-3-4-9(2)11(5-8)19-7-16-6-10(14)12(15-16)13(17)18/h3-6H,7H2,1-2H3,(H,17,18). The van der Waals surface area contributed by atoms with Crippen LogP contribution >= 0.6 is 11.6 Å². The molecule has 6 heteroatoms. The Labute approximate surface area is 115 Å². The van der Waals surface area contributed by atoms with Crippen molar-refractivity contribution in [3.05, 3.63) is 46.2 Å². The van der Waals surface area contributed by atoms with Gasteiger partial charge in [0, 0.05) is 6.20 Å². The monoisotopic (exact) mass is 280 g/mol. The van der Waals surface area contributed by atoms with E-state index in [-0.39, 0.29) is 17.4 Å². The normalized spacial score (nSPS) is 10.5. The van der Waals surface area contributed by atoms with Gasteiger partial charge < -0.3 is 9.84 Å². The molecule has 0 aliphatic heterocycles. The maximum absolute atomic E-state index is 10.8. The van der Waals surface area contributed by atoms with Crippen molar-refractivity contribution in [2.45, 2.75) is 20.6 Å². The Bertz CT molecular complexity index is 622. The minimum Gasteiger partial charge on any atom is -0.476 e. The molecule has 1 N–H and O–H groups in total. The van der Waals surface area contributed by atoms with E-state index in [2.05, 4.69) is 5.10 Å². The van der Waals surface area contributed by atoms with Gasteiger partial charge in [-0.2, -0.15) is 5.10 Å². The number of nitrogens with zero attached hydrogens (tertiary/aromatic N) is 2. The SMILES string of the molecule is Cc1ccc(C)c(OCn2cc(Cl)c(C(=O)O)n2)c1. The molecule has 0 fully saturated rings. The smallest absolute Gasteiger partial charge is 0.357 e. The van der Waals surface area contributed by atoms with Crippen LogP contribution < -0.4 is 4.74 Å². The van der Waals surface area contributed by atoms with Crippen LogP contribution in [0.5, 0.6) is 5.75 Å². The van der Waals surface area contributed by atoms with Crippen LogP contribution in [0.1, 0.15) is 21.6 Å². The second kappa shape index (κ2) is 5.32. The van der Waals surface area contributed by atoms with Crippen molar-refractivity contribution >= 4 is 17.6 Å². The van der Waals surface area contributed by atoms with E-state index in [4.69, 9.17) is 21.4 Å². The Balaban J connectivity index is 2.12. The summed E-state index contributed by atoms with van der Waals surface area (Å²) in [7, 11) is 0.